The maximum absolute atomic E-state index is 13.0. The number of pyridine rings is 1. The van der Waals surface area contributed by atoms with Crippen molar-refractivity contribution >= 4 is 17.4 Å². The molecule has 6 atom stereocenters. The van der Waals surface area contributed by atoms with E-state index in [4.69, 9.17) is 4.98 Å². The second kappa shape index (κ2) is 7.23. The summed E-state index contributed by atoms with van der Waals surface area (Å²) in [6.07, 6.45) is 0.207. The van der Waals surface area contributed by atoms with Crippen LogP contribution in [0.3, 0.4) is 0 Å². The molecule has 4 fully saturated rings. The Labute approximate surface area is 187 Å². The molecule has 6 nitrogen and oxygen atoms in total. The van der Waals surface area contributed by atoms with E-state index in [1.807, 2.05) is 24.0 Å². The normalized spacial score (nSPS) is 36.8. The van der Waals surface area contributed by atoms with Gasteiger partial charge in [-0.1, -0.05) is 0 Å². The minimum Gasteiger partial charge on any atom is -0.377 e. The van der Waals surface area contributed by atoms with Crippen LogP contribution in [0.5, 0.6) is 0 Å². The third kappa shape index (κ3) is 3.35. The topological polar surface area (TPSA) is 51.7 Å². The van der Waals surface area contributed by atoms with Crippen LogP contribution in [0.25, 0.3) is 0 Å². The molecule has 0 bridgehead atoms. The second-order valence-corrected chi connectivity index (χ2v) is 10.4. The maximum atomic E-state index is 13.0. The van der Waals surface area contributed by atoms with Gasteiger partial charge in [0.25, 0.3) is 0 Å². The molecule has 176 valence electrons. The zero-order valence-corrected chi connectivity index (χ0v) is 19.1. The molecule has 5 rings (SSSR count). The highest BCUT2D eigenvalue weighted by atomic mass is 19.4. The predicted octanol–water partition coefficient (Wildman–Crippen LogP) is 3.56. The van der Waals surface area contributed by atoms with Crippen molar-refractivity contribution in [3.63, 3.8) is 0 Å². The number of carbonyl (C=O) groups excluding carboxylic acids is 1. The zero-order valence-electron chi connectivity index (χ0n) is 19.1. The van der Waals surface area contributed by atoms with E-state index in [0.717, 1.165) is 34.6 Å². The summed E-state index contributed by atoms with van der Waals surface area (Å²) in [5, 5.41) is 3.79. The highest BCUT2D eigenvalue weighted by Crippen LogP contribution is 2.53. The number of carbonyl (C=O) groups is 1. The van der Waals surface area contributed by atoms with Crippen molar-refractivity contribution in [3.05, 3.63) is 17.8 Å². The Morgan fingerprint density at radius 2 is 1.81 bits per heavy atom. The van der Waals surface area contributed by atoms with Crippen LogP contribution < -0.4 is 10.2 Å². The summed E-state index contributed by atoms with van der Waals surface area (Å²) in [5.74, 6) is -1.02. The summed E-state index contributed by atoms with van der Waals surface area (Å²) in [7, 11) is 0. The van der Waals surface area contributed by atoms with E-state index in [-0.39, 0.29) is 5.54 Å². The van der Waals surface area contributed by atoms with Crippen LogP contribution in [0.4, 0.5) is 24.7 Å². The van der Waals surface area contributed by atoms with Crippen LogP contribution in [0, 0.1) is 6.92 Å². The number of aromatic nitrogens is 1. The van der Waals surface area contributed by atoms with Crippen molar-refractivity contribution in [1.29, 1.82) is 0 Å². The Morgan fingerprint density at radius 1 is 1.16 bits per heavy atom. The number of alkyl halides is 3. The van der Waals surface area contributed by atoms with Crippen LogP contribution in [-0.2, 0) is 4.79 Å². The summed E-state index contributed by atoms with van der Waals surface area (Å²) in [6, 6.07) is 4.95. The largest absolute Gasteiger partial charge is 0.471 e. The standard InChI is InChI=1S/C23H32F3N5O/c1-13-11-29(12-14(2)30(13)21(32)23(24,25)26)20-8-7-18(15(3)27-20)28-22(4)10-17-6-5-16-9-19(22)31(16)17/h7-8,13-14,16-17,19,28H,5-6,9-12H2,1-4H3. The lowest BCUT2D eigenvalue weighted by atomic mass is 9.80. The number of hydrogen-bond donors (Lipinski definition) is 1. The van der Waals surface area contributed by atoms with E-state index < -0.39 is 24.2 Å². The third-order valence-corrected chi connectivity index (χ3v) is 8.14. The number of amides is 1. The Kier molecular flexibility index (Phi) is 4.93. The fraction of sp³-hybridized carbons (Fsp3) is 0.739. The molecular weight excluding hydrogens is 419 g/mol. The molecule has 6 unspecified atom stereocenters. The molecule has 1 aromatic rings. The van der Waals surface area contributed by atoms with E-state index in [1.54, 1.807) is 13.8 Å². The molecule has 0 saturated carbocycles. The van der Waals surface area contributed by atoms with Crippen molar-refractivity contribution < 1.29 is 18.0 Å². The number of halogens is 3. The molecule has 4 aliphatic rings. The molecule has 4 aliphatic heterocycles. The maximum Gasteiger partial charge on any atom is 0.471 e. The molecular formula is C23H32F3N5O. The van der Waals surface area contributed by atoms with E-state index in [2.05, 4.69) is 17.1 Å². The first-order valence-electron chi connectivity index (χ1n) is 11.7. The van der Waals surface area contributed by atoms with Gasteiger partial charge in [-0.3, -0.25) is 9.69 Å². The molecule has 1 N–H and O–H groups in total. The van der Waals surface area contributed by atoms with Gasteiger partial charge in [-0.15, -0.1) is 0 Å². The van der Waals surface area contributed by atoms with E-state index in [9.17, 15) is 18.0 Å². The van der Waals surface area contributed by atoms with Crippen molar-refractivity contribution in [2.75, 3.05) is 23.3 Å². The number of hydrogen-bond acceptors (Lipinski definition) is 5. The fourth-order valence-electron chi connectivity index (χ4n) is 6.75. The SMILES string of the molecule is Cc1nc(N2CC(C)N(C(=O)C(F)(F)F)C(C)C2)ccc1NC1(C)CC2CCC3CC1N32. The van der Waals surface area contributed by atoms with Crippen molar-refractivity contribution in [1.82, 2.24) is 14.8 Å². The van der Waals surface area contributed by atoms with Gasteiger partial charge in [0.05, 0.1) is 16.9 Å². The number of rotatable bonds is 3. The van der Waals surface area contributed by atoms with E-state index in [1.165, 1.54) is 19.3 Å². The van der Waals surface area contributed by atoms with Crippen LogP contribution >= 0.6 is 0 Å². The number of anilines is 2. The molecule has 9 heteroatoms. The lowest BCUT2D eigenvalue weighted by molar-refractivity contribution is -0.190. The Hall–Kier alpha value is -2.03. The van der Waals surface area contributed by atoms with Crippen molar-refractivity contribution in [2.24, 2.45) is 0 Å². The van der Waals surface area contributed by atoms with Gasteiger partial charge in [-0.25, -0.2) is 4.98 Å². The second-order valence-electron chi connectivity index (χ2n) is 10.4. The quantitative estimate of drug-likeness (QED) is 0.762. The molecule has 32 heavy (non-hydrogen) atoms. The highest BCUT2D eigenvalue weighted by Gasteiger charge is 2.60. The molecule has 4 saturated heterocycles. The molecule has 5 heterocycles. The molecule has 1 aromatic heterocycles. The Bertz CT molecular complexity index is 911. The summed E-state index contributed by atoms with van der Waals surface area (Å²) in [6.45, 7) is 8.26. The van der Waals surface area contributed by atoms with Gasteiger partial charge in [0.15, 0.2) is 0 Å². The first kappa shape index (κ1) is 21.8. The monoisotopic (exact) mass is 451 g/mol. The van der Waals surface area contributed by atoms with Crippen LogP contribution in [0.2, 0.25) is 0 Å². The van der Waals surface area contributed by atoms with Gasteiger partial charge < -0.3 is 15.1 Å². The highest BCUT2D eigenvalue weighted by molar-refractivity contribution is 5.82. The number of nitrogens with zero attached hydrogens (tertiary/aromatic N) is 4. The molecule has 0 radical (unpaired) electrons. The van der Waals surface area contributed by atoms with Gasteiger partial charge in [-0.2, -0.15) is 13.2 Å². The summed E-state index contributed by atoms with van der Waals surface area (Å²) in [5.41, 5.74) is 1.95. The summed E-state index contributed by atoms with van der Waals surface area (Å²) >= 11 is 0. The van der Waals surface area contributed by atoms with Crippen LogP contribution in [-0.4, -0.2) is 75.7 Å². The first-order chi connectivity index (χ1) is 15.0. The summed E-state index contributed by atoms with van der Waals surface area (Å²) in [4.78, 5) is 22.3. The molecule has 1 amide bonds. The molecule has 0 aliphatic carbocycles. The average molecular weight is 452 g/mol. The van der Waals surface area contributed by atoms with Crippen LogP contribution in [0.15, 0.2) is 12.1 Å². The zero-order chi connectivity index (χ0) is 23.0. The molecule has 0 spiro atoms. The minimum atomic E-state index is -4.85. The lowest BCUT2D eigenvalue weighted by Crippen LogP contribution is -2.61. The van der Waals surface area contributed by atoms with Gasteiger partial charge >= 0.3 is 12.1 Å². The average Bonchev–Trinajstić information content (AvgIpc) is 3.06. The fourth-order valence-corrected chi connectivity index (χ4v) is 6.75. The Morgan fingerprint density at radius 3 is 2.41 bits per heavy atom. The number of nitrogens with one attached hydrogen (secondary N) is 1. The molecule has 0 aromatic carbocycles. The van der Waals surface area contributed by atoms with Crippen molar-refractivity contribution in [2.45, 2.75) is 95.3 Å². The predicted molar refractivity (Wildman–Crippen MR) is 117 cm³/mol. The van der Waals surface area contributed by atoms with Crippen LogP contribution in [0.1, 0.15) is 52.1 Å². The minimum absolute atomic E-state index is 0.0438. The first-order valence-corrected chi connectivity index (χ1v) is 11.7. The lowest BCUT2D eigenvalue weighted by Gasteiger charge is -2.48. The number of aryl methyl sites for hydroxylation is 1. The van der Waals surface area contributed by atoms with Gasteiger partial charge in [0.2, 0.25) is 0 Å². The van der Waals surface area contributed by atoms with Gasteiger partial charge in [-0.05, 0) is 65.5 Å². The Balaban J connectivity index is 1.29. The van der Waals surface area contributed by atoms with Gasteiger partial charge in [0.1, 0.15) is 5.82 Å². The van der Waals surface area contributed by atoms with Gasteiger partial charge in [0, 0.05) is 43.3 Å². The van der Waals surface area contributed by atoms with E-state index >= 15 is 0 Å². The summed E-state index contributed by atoms with van der Waals surface area (Å²) < 4.78 is 38.9. The number of piperazine rings is 1. The third-order valence-electron chi connectivity index (χ3n) is 8.14. The smallest absolute Gasteiger partial charge is 0.377 e. The van der Waals surface area contributed by atoms with E-state index in [0.29, 0.717) is 25.2 Å². The van der Waals surface area contributed by atoms with Crippen molar-refractivity contribution in [3.8, 4) is 0 Å².